The van der Waals surface area contributed by atoms with Gasteiger partial charge in [0.2, 0.25) is 0 Å². The number of aromatic amines is 1. The maximum absolute atomic E-state index is 5.88. The maximum Gasteiger partial charge on any atom is 0.159 e. The summed E-state index contributed by atoms with van der Waals surface area (Å²) in [5, 5.41) is 4.48. The van der Waals surface area contributed by atoms with Crippen molar-refractivity contribution in [2.45, 2.75) is 33.4 Å². The molecule has 24 heavy (non-hydrogen) atoms. The summed E-state index contributed by atoms with van der Waals surface area (Å²) >= 11 is 0. The number of rotatable bonds is 3. The van der Waals surface area contributed by atoms with E-state index in [2.05, 4.69) is 31.9 Å². The molecule has 1 aliphatic rings. The van der Waals surface area contributed by atoms with Crippen LogP contribution in [0.5, 0.6) is 0 Å². The number of nitrogens with one attached hydrogen (secondary N) is 1. The molecule has 1 atom stereocenters. The molecule has 0 unspecified atom stereocenters. The van der Waals surface area contributed by atoms with Crippen molar-refractivity contribution in [3.8, 4) is 0 Å². The molecule has 0 aliphatic carbocycles. The molecule has 0 saturated carbocycles. The summed E-state index contributed by atoms with van der Waals surface area (Å²) < 4.78 is 7.79. The molecule has 126 valence electrons. The number of fused-ring (bicyclic) bond motifs is 1. The van der Waals surface area contributed by atoms with Crippen molar-refractivity contribution >= 4 is 5.65 Å². The number of aromatic nitrogens is 5. The second-order valence-electron chi connectivity index (χ2n) is 6.49. The van der Waals surface area contributed by atoms with Crippen molar-refractivity contribution in [2.75, 3.05) is 19.7 Å². The molecule has 1 fully saturated rings. The summed E-state index contributed by atoms with van der Waals surface area (Å²) in [5.74, 6) is 0.905. The average Bonchev–Trinajstić information content (AvgIpc) is 3.15. The monoisotopic (exact) mass is 326 g/mol. The maximum atomic E-state index is 5.88. The van der Waals surface area contributed by atoms with Gasteiger partial charge in [0.25, 0.3) is 0 Å². The van der Waals surface area contributed by atoms with E-state index in [4.69, 9.17) is 4.74 Å². The van der Waals surface area contributed by atoms with Gasteiger partial charge >= 0.3 is 0 Å². The van der Waals surface area contributed by atoms with E-state index in [1.807, 2.05) is 36.8 Å². The molecule has 1 aliphatic heterocycles. The normalized spacial score (nSPS) is 19.2. The molecule has 3 aromatic heterocycles. The number of hydrogen-bond donors (Lipinski definition) is 1. The third-order valence-electron chi connectivity index (χ3n) is 4.42. The molecule has 0 aromatic carbocycles. The first-order valence-corrected chi connectivity index (χ1v) is 8.26. The Balaban J connectivity index is 1.55. The lowest BCUT2D eigenvalue weighted by Gasteiger charge is -2.31. The largest absolute Gasteiger partial charge is 0.368 e. The molecule has 1 N–H and O–H groups in total. The molecule has 0 amide bonds. The second kappa shape index (κ2) is 5.99. The van der Waals surface area contributed by atoms with E-state index in [0.29, 0.717) is 6.61 Å². The van der Waals surface area contributed by atoms with Gasteiger partial charge in [0, 0.05) is 48.5 Å². The zero-order valence-corrected chi connectivity index (χ0v) is 14.3. The number of hydrogen-bond acceptors (Lipinski definition) is 5. The van der Waals surface area contributed by atoms with E-state index >= 15 is 0 Å². The lowest BCUT2D eigenvalue weighted by molar-refractivity contribution is -0.0367. The van der Waals surface area contributed by atoms with E-state index < -0.39 is 0 Å². The Labute approximate surface area is 140 Å². The summed E-state index contributed by atoms with van der Waals surface area (Å²) in [6.45, 7) is 9.32. The minimum atomic E-state index is -0.00859. The van der Waals surface area contributed by atoms with Gasteiger partial charge in [-0.3, -0.25) is 4.90 Å². The van der Waals surface area contributed by atoms with Crippen molar-refractivity contribution in [3.05, 3.63) is 46.9 Å². The minimum absolute atomic E-state index is 0.00859. The molecule has 0 radical (unpaired) electrons. The molecule has 4 heterocycles. The second-order valence-corrected chi connectivity index (χ2v) is 6.49. The Morgan fingerprint density at radius 1 is 1.29 bits per heavy atom. The van der Waals surface area contributed by atoms with Gasteiger partial charge in [0.05, 0.1) is 12.8 Å². The molecular formula is C17H22N6O. The Kier molecular flexibility index (Phi) is 3.82. The van der Waals surface area contributed by atoms with Crippen LogP contribution in [-0.4, -0.2) is 49.2 Å². The van der Waals surface area contributed by atoms with Crippen molar-refractivity contribution < 1.29 is 4.74 Å². The van der Waals surface area contributed by atoms with Crippen molar-refractivity contribution in [1.82, 2.24) is 29.5 Å². The zero-order valence-electron chi connectivity index (χ0n) is 14.3. The highest BCUT2D eigenvalue weighted by Crippen LogP contribution is 2.22. The van der Waals surface area contributed by atoms with Crippen molar-refractivity contribution in [2.24, 2.45) is 0 Å². The first-order chi connectivity index (χ1) is 11.6. The fourth-order valence-electron chi connectivity index (χ4n) is 3.28. The Morgan fingerprint density at radius 3 is 2.96 bits per heavy atom. The summed E-state index contributed by atoms with van der Waals surface area (Å²) in [6.07, 6.45) is 3.76. The number of H-pyrrole nitrogens is 1. The standard InChI is InChI=1S/C17H22N6O/c1-11-6-13(3)23-17(21-11)14(8-19-23)9-22-4-5-24-15(10-22)16-18-7-12(2)20-16/h6-8,15H,4-5,9-10H2,1-3H3,(H,18,20)/t15-/m1/s1. The average molecular weight is 326 g/mol. The van der Waals surface area contributed by atoms with Gasteiger partial charge in [-0.25, -0.2) is 14.5 Å². The van der Waals surface area contributed by atoms with Gasteiger partial charge in [-0.05, 0) is 26.8 Å². The smallest absolute Gasteiger partial charge is 0.159 e. The topological polar surface area (TPSA) is 71.3 Å². The van der Waals surface area contributed by atoms with Gasteiger partial charge in [-0.1, -0.05) is 0 Å². The first kappa shape index (κ1) is 15.3. The van der Waals surface area contributed by atoms with Crippen LogP contribution in [0, 0.1) is 20.8 Å². The SMILES string of the molecule is Cc1cc(C)n2ncc(CN3CCO[C@@H](c4ncc(C)[nH]4)C3)c2n1. The predicted molar refractivity (Wildman–Crippen MR) is 89.8 cm³/mol. The summed E-state index contributed by atoms with van der Waals surface area (Å²) in [5.41, 5.74) is 5.29. The fraction of sp³-hybridized carbons (Fsp3) is 0.471. The number of morpholine rings is 1. The summed E-state index contributed by atoms with van der Waals surface area (Å²) in [6, 6.07) is 2.05. The Bertz CT molecular complexity index is 867. The molecule has 0 bridgehead atoms. The number of nitrogens with zero attached hydrogens (tertiary/aromatic N) is 5. The van der Waals surface area contributed by atoms with Crippen LogP contribution in [0.15, 0.2) is 18.5 Å². The predicted octanol–water partition coefficient (Wildman–Crippen LogP) is 1.95. The summed E-state index contributed by atoms with van der Waals surface area (Å²) in [7, 11) is 0. The van der Waals surface area contributed by atoms with Crippen LogP contribution in [0.1, 0.15) is 34.6 Å². The minimum Gasteiger partial charge on any atom is -0.368 e. The van der Waals surface area contributed by atoms with Gasteiger partial charge in [0.15, 0.2) is 5.65 Å². The zero-order chi connectivity index (χ0) is 16.7. The molecular weight excluding hydrogens is 304 g/mol. The highest BCUT2D eigenvalue weighted by atomic mass is 16.5. The van der Waals surface area contributed by atoms with Gasteiger partial charge in [0.1, 0.15) is 11.9 Å². The van der Waals surface area contributed by atoms with E-state index in [-0.39, 0.29) is 6.10 Å². The van der Waals surface area contributed by atoms with Crippen LogP contribution in [0.2, 0.25) is 0 Å². The van der Waals surface area contributed by atoms with Crippen LogP contribution < -0.4 is 0 Å². The molecule has 4 rings (SSSR count). The molecule has 1 saturated heterocycles. The number of imidazole rings is 1. The first-order valence-electron chi connectivity index (χ1n) is 8.26. The third kappa shape index (κ3) is 2.81. The highest BCUT2D eigenvalue weighted by molar-refractivity contribution is 5.47. The Hall–Kier alpha value is -2.25. The van der Waals surface area contributed by atoms with E-state index in [1.165, 1.54) is 0 Å². The summed E-state index contributed by atoms with van der Waals surface area (Å²) in [4.78, 5) is 14.7. The van der Waals surface area contributed by atoms with Crippen LogP contribution in [0.3, 0.4) is 0 Å². The van der Waals surface area contributed by atoms with Crippen LogP contribution in [0.25, 0.3) is 5.65 Å². The Morgan fingerprint density at radius 2 is 2.17 bits per heavy atom. The molecule has 7 nitrogen and oxygen atoms in total. The van der Waals surface area contributed by atoms with Crippen molar-refractivity contribution in [1.29, 1.82) is 0 Å². The van der Waals surface area contributed by atoms with Crippen molar-refractivity contribution in [3.63, 3.8) is 0 Å². The quantitative estimate of drug-likeness (QED) is 0.796. The third-order valence-corrected chi connectivity index (χ3v) is 4.42. The molecule has 7 heteroatoms. The molecule has 0 spiro atoms. The lowest BCUT2D eigenvalue weighted by atomic mass is 10.2. The van der Waals surface area contributed by atoms with Crippen LogP contribution in [-0.2, 0) is 11.3 Å². The van der Waals surface area contributed by atoms with Gasteiger partial charge in [-0.2, -0.15) is 5.10 Å². The number of aryl methyl sites for hydroxylation is 3. The van der Waals surface area contributed by atoms with Crippen LogP contribution in [0.4, 0.5) is 0 Å². The lowest BCUT2D eigenvalue weighted by Crippen LogP contribution is -2.38. The van der Waals surface area contributed by atoms with Crippen LogP contribution >= 0.6 is 0 Å². The van der Waals surface area contributed by atoms with E-state index in [1.54, 1.807) is 0 Å². The van der Waals surface area contributed by atoms with E-state index in [0.717, 1.165) is 53.8 Å². The fourth-order valence-corrected chi connectivity index (χ4v) is 3.28. The highest BCUT2D eigenvalue weighted by Gasteiger charge is 2.25. The number of ether oxygens (including phenoxy) is 1. The molecule has 3 aromatic rings. The van der Waals surface area contributed by atoms with Gasteiger partial charge in [-0.15, -0.1) is 0 Å². The van der Waals surface area contributed by atoms with E-state index in [9.17, 15) is 0 Å². The van der Waals surface area contributed by atoms with Gasteiger partial charge < -0.3 is 9.72 Å².